The average molecular weight is 357 g/mol. The van der Waals surface area contributed by atoms with Crippen LogP contribution in [0.3, 0.4) is 0 Å². The summed E-state index contributed by atoms with van der Waals surface area (Å²) in [7, 11) is 0. The number of nitrogens with one attached hydrogen (secondary N) is 1. The van der Waals surface area contributed by atoms with Crippen molar-refractivity contribution < 1.29 is 19.1 Å². The van der Waals surface area contributed by atoms with Crippen molar-refractivity contribution in [1.82, 2.24) is 10.2 Å². The van der Waals surface area contributed by atoms with Crippen molar-refractivity contribution in [2.45, 2.75) is 91.2 Å². The summed E-state index contributed by atoms with van der Waals surface area (Å²) in [5.74, 6) is -0.412. The zero-order valence-electron chi connectivity index (χ0n) is 16.8. The van der Waals surface area contributed by atoms with Crippen molar-refractivity contribution in [1.29, 1.82) is 0 Å². The Morgan fingerprint density at radius 2 is 1.68 bits per heavy atom. The maximum atomic E-state index is 12.1. The largest absolute Gasteiger partial charge is 0.375 e. The first kappa shape index (κ1) is 23.6. The fraction of sp³-hybridized carbons (Fsp3) is 0.842. The van der Waals surface area contributed by atoms with E-state index in [-0.39, 0.29) is 30.4 Å². The third-order valence-corrected chi connectivity index (χ3v) is 4.04. The second-order valence-corrected chi connectivity index (χ2v) is 7.73. The lowest BCUT2D eigenvalue weighted by Crippen LogP contribution is -2.45. The first-order valence-electron chi connectivity index (χ1n) is 9.26. The number of hydrogen-bond donors (Lipinski definition) is 1. The first-order valence-corrected chi connectivity index (χ1v) is 9.26. The van der Waals surface area contributed by atoms with Gasteiger partial charge < -0.3 is 10.1 Å². The Morgan fingerprint density at radius 1 is 1.04 bits per heavy atom. The highest BCUT2D eigenvalue weighted by atomic mass is 16.5. The number of amides is 3. The Morgan fingerprint density at radius 3 is 2.20 bits per heavy atom. The van der Waals surface area contributed by atoms with Crippen LogP contribution in [0.1, 0.15) is 80.1 Å². The van der Waals surface area contributed by atoms with Crippen LogP contribution in [0.25, 0.3) is 0 Å². The molecule has 0 bridgehead atoms. The summed E-state index contributed by atoms with van der Waals surface area (Å²) in [6.07, 6.45) is 4.36. The highest BCUT2D eigenvalue weighted by Gasteiger charge is 2.23. The number of ether oxygens (including phenoxy) is 1. The molecular weight excluding hydrogens is 320 g/mol. The van der Waals surface area contributed by atoms with Crippen molar-refractivity contribution in [3.63, 3.8) is 0 Å². The van der Waals surface area contributed by atoms with Gasteiger partial charge in [0.15, 0.2) is 0 Å². The molecule has 0 aromatic heterocycles. The first-order chi connectivity index (χ1) is 11.6. The molecule has 6 heteroatoms. The monoisotopic (exact) mass is 356 g/mol. The standard InChI is InChI=1S/C19H36N2O4/c1-7-9-17(24)21(15-22)13-10-16(23)20-18(3,4)12-14-25-19(5,6)11-8-2/h15H,7-14H2,1-6H3,(H,20,23). The van der Waals surface area contributed by atoms with Crippen LogP contribution in [0.2, 0.25) is 0 Å². The quantitative estimate of drug-likeness (QED) is 0.515. The molecule has 0 atom stereocenters. The highest BCUT2D eigenvalue weighted by Crippen LogP contribution is 2.18. The molecule has 146 valence electrons. The zero-order chi connectivity index (χ0) is 19.5. The summed E-state index contributed by atoms with van der Waals surface area (Å²) in [4.78, 5) is 35.9. The van der Waals surface area contributed by atoms with Gasteiger partial charge in [-0.2, -0.15) is 0 Å². The van der Waals surface area contributed by atoms with E-state index in [1.54, 1.807) is 0 Å². The summed E-state index contributed by atoms with van der Waals surface area (Å²) in [6.45, 7) is 12.7. The predicted octanol–water partition coefficient (Wildman–Crippen LogP) is 3.04. The van der Waals surface area contributed by atoms with Crippen molar-refractivity contribution in [2.24, 2.45) is 0 Å². The van der Waals surface area contributed by atoms with Gasteiger partial charge in [0.1, 0.15) is 0 Å². The van der Waals surface area contributed by atoms with Crippen molar-refractivity contribution in [2.75, 3.05) is 13.2 Å². The van der Waals surface area contributed by atoms with Crippen LogP contribution in [0.15, 0.2) is 0 Å². The van der Waals surface area contributed by atoms with E-state index in [1.807, 2.05) is 20.8 Å². The third kappa shape index (κ3) is 10.9. The topological polar surface area (TPSA) is 75.7 Å². The van der Waals surface area contributed by atoms with Crippen LogP contribution in [-0.2, 0) is 19.1 Å². The summed E-state index contributed by atoms with van der Waals surface area (Å²) in [5, 5.41) is 2.95. The maximum Gasteiger partial charge on any atom is 0.228 e. The van der Waals surface area contributed by atoms with Gasteiger partial charge in [0, 0.05) is 31.5 Å². The molecule has 0 unspecified atom stereocenters. The number of carbonyl (C=O) groups excluding carboxylic acids is 3. The molecule has 0 saturated heterocycles. The second kappa shape index (κ2) is 11.2. The van der Waals surface area contributed by atoms with E-state index < -0.39 is 5.54 Å². The lowest BCUT2D eigenvalue weighted by atomic mass is 10.00. The summed E-state index contributed by atoms with van der Waals surface area (Å²) < 4.78 is 5.91. The molecule has 6 nitrogen and oxygen atoms in total. The van der Waals surface area contributed by atoms with Crippen molar-refractivity contribution in [3.05, 3.63) is 0 Å². The van der Waals surface area contributed by atoms with Gasteiger partial charge >= 0.3 is 0 Å². The molecule has 0 aliphatic heterocycles. The summed E-state index contributed by atoms with van der Waals surface area (Å²) >= 11 is 0. The van der Waals surface area contributed by atoms with Crippen LogP contribution < -0.4 is 5.32 Å². The zero-order valence-corrected chi connectivity index (χ0v) is 16.8. The minimum Gasteiger partial charge on any atom is -0.375 e. The number of rotatable bonds is 13. The summed E-state index contributed by atoms with van der Waals surface area (Å²) in [5.41, 5.74) is -0.558. The van der Waals surface area contributed by atoms with Gasteiger partial charge in [-0.05, 0) is 47.0 Å². The van der Waals surface area contributed by atoms with Gasteiger partial charge in [0.2, 0.25) is 18.2 Å². The molecule has 0 spiro atoms. The van der Waals surface area contributed by atoms with E-state index in [2.05, 4.69) is 26.1 Å². The Hall–Kier alpha value is -1.43. The molecule has 3 amide bonds. The molecule has 0 heterocycles. The maximum absolute atomic E-state index is 12.1. The Kier molecular flexibility index (Phi) is 10.6. The SMILES string of the molecule is CCCC(=O)N(C=O)CCC(=O)NC(C)(C)CCOC(C)(C)CCC. The number of carbonyl (C=O) groups is 3. The van der Waals surface area contributed by atoms with Gasteiger partial charge in [-0.15, -0.1) is 0 Å². The van der Waals surface area contributed by atoms with Crippen LogP contribution in [0, 0.1) is 0 Å². The number of nitrogens with zero attached hydrogens (tertiary/aromatic N) is 1. The van der Waals surface area contributed by atoms with Gasteiger partial charge in [0.05, 0.1) is 5.60 Å². The molecule has 0 aliphatic carbocycles. The van der Waals surface area contributed by atoms with Crippen LogP contribution in [0.5, 0.6) is 0 Å². The minimum atomic E-state index is -0.404. The van der Waals surface area contributed by atoms with E-state index in [0.717, 1.165) is 17.7 Å². The molecule has 1 N–H and O–H groups in total. The Labute approximate surface area is 152 Å². The molecule has 0 aromatic rings. The van der Waals surface area contributed by atoms with Crippen LogP contribution in [0.4, 0.5) is 0 Å². The third-order valence-electron chi connectivity index (χ3n) is 4.04. The fourth-order valence-electron chi connectivity index (χ4n) is 2.57. The van der Waals surface area contributed by atoms with Crippen molar-refractivity contribution >= 4 is 18.2 Å². The predicted molar refractivity (Wildman–Crippen MR) is 99.1 cm³/mol. The highest BCUT2D eigenvalue weighted by molar-refractivity contribution is 5.87. The molecular formula is C19H36N2O4. The molecule has 0 aliphatic rings. The molecule has 0 rings (SSSR count). The van der Waals surface area contributed by atoms with E-state index in [1.165, 1.54) is 0 Å². The normalized spacial score (nSPS) is 11.9. The van der Waals surface area contributed by atoms with Gasteiger partial charge in [0.25, 0.3) is 0 Å². The van der Waals surface area contributed by atoms with E-state index in [4.69, 9.17) is 4.74 Å². The van der Waals surface area contributed by atoms with Gasteiger partial charge in [-0.1, -0.05) is 20.3 Å². The molecule has 25 heavy (non-hydrogen) atoms. The van der Waals surface area contributed by atoms with Crippen molar-refractivity contribution in [3.8, 4) is 0 Å². The van der Waals surface area contributed by atoms with E-state index in [0.29, 0.717) is 32.3 Å². The van der Waals surface area contributed by atoms with Gasteiger partial charge in [-0.3, -0.25) is 19.3 Å². The van der Waals surface area contributed by atoms with E-state index >= 15 is 0 Å². The number of hydrogen-bond acceptors (Lipinski definition) is 4. The molecule has 0 aromatic carbocycles. The lowest BCUT2D eigenvalue weighted by Gasteiger charge is -2.30. The molecule has 0 radical (unpaired) electrons. The molecule has 0 fully saturated rings. The minimum absolute atomic E-state index is 0.111. The lowest BCUT2D eigenvalue weighted by molar-refractivity contribution is -0.138. The van der Waals surface area contributed by atoms with Gasteiger partial charge in [-0.25, -0.2) is 0 Å². The van der Waals surface area contributed by atoms with E-state index in [9.17, 15) is 14.4 Å². The smallest absolute Gasteiger partial charge is 0.228 e. The van der Waals surface area contributed by atoms with Crippen LogP contribution >= 0.6 is 0 Å². The molecule has 0 saturated carbocycles. The summed E-state index contributed by atoms with van der Waals surface area (Å²) in [6, 6.07) is 0. The Balaban J connectivity index is 4.29. The second-order valence-electron chi connectivity index (χ2n) is 7.73. The van der Waals surface area contributed by atoms with Crippen LogP contribution in [-0.4, -0.2) is 47.4 Å². The Bertz CT molecular complexity index is 433. The number of imide groups is 1. The fourth-order valence-corrected chi connectivity index (χ4v) is 2.57. The average Bonchev–Trinajstić information content (AvgIpc) is 2.46.